The molecule has 1 aromatic heterocycles. The highest BCUT2D eigenvalue weighted by atomic mass is 35.5. The standard InChI is InChI=1S/C13H21ClN2O/c1-6-16-12(13(14)9(4)15-16)7-11(8(2)3)10(5)17/h8,11H,6-7H2,1-5H3. The molecular formula is C13H21ClN2O. The number of aromatic nitrogens is 2. The van der Waals surface area contributed by atoms with Crippen molar-refractivity contribution in [3.8, 4) is 0 Å². The summed E-state index contributed by atoms with van der Waals surface area (Å²) in [6.45, 7) is 10.5. The van der Waals surface area contributed by atoms with Crippen LogP contribution in [0.15, 0.2) is 0 Å². The van der Waals surface area contributed by atoms with Crippen LogP contribution in [0.1, 0.15) is 39.1 Å². The van der Waals surface area contributed by atoms with Crippen LogP contribution in [-0.4, -0.2) is 15.6 Å². The minimum Gasteiger partial charge on any atom is -0.300 e. The monoisotopic (exact) mass is 256 g/mol. The van der Waals surface area contributed by atoms with E-state index in [1.165, 1.54) is 0 Å². The number of Topliss-reactive ketones (excluding diaryl/α,β-unsaturated/α-hetero) is 1. The molecule has 0 fully saturated rings. The molecule has 0 aliphatic carbocycles. The van der Waals surface area contributed by atoms with Crippen molar-refractivity contribution >= 4 is 17.4 Å². The Kier molecular flexibility index (Phi) is 4.75. The molecule has 1 unspecified atom stereocenters. The van der Waals surface area contributed by atoms with Crippen LogP contribution in [0.25, 0.3) is 0 Å². The third kappa shape index (κ3) is 3.09. The first-order valence-corrected chi connectivity index (χ1v) is 6.48. The molecule has 3 nitrogen and oxygen atoms in total. The van der Waals surface area contributed by atoms with Crippen LogP contribution in [0, 0.1) is 18.8 Å². The highest BCUT2D eigenvalue weighted by Gasteiger charge is 2.23. The number of hydrogen-bond donors (Lipinski definition) is 0. The minimum atomic E-state index is 0.0221. The largest absolute Gasteiger partial charge is 0.300 e. The third-order valence-electron chi connectivity index (χ3n) is 3.19. The Morgan fingerprint density at radius 2 is 2.06 bits per heavy atom. The SMILES string of the molecule is CCn1nc(C)c(Cl)c1CC(C(C)=O)C(C)C. The van der Waals surface area contributed by atoms with Gasteiger partial charge >= 0.3 is 0 Å². The second-order valence-electron chi connectivity index (χ2n) is 4.83. The van der Waals surface area contributed by atoms with Gasteiger partial charge in [-0.3, -0.25) is 9.48 Å². The number of nitrogens with zero attached hydrogens (tertiary/aromatic N) is 2. The van der Waals surface area contributed by atoms with Gasteiger partial charge in [-0.15, -0.1) is 0 Å². The lowest BCUT2D eigenvalue weighted by Crippen LogP contribution is -2.22. The normalized spacial score (nSPS) is 13.1. The van der Waals surface area contributed by atoms with E-state index >= 15 is 0 Å². The fourth-order valence-corrected chi connectivity index (χ4v) is 2.33. The smallest absolute Gasteiger partial charge is 0.133 e. The number of halogens is 1. The van der Waals surface area contributed by atoms with Crippen molar-refractivity contribution in [3.63, 3.8) is 0 Å². The van der Waals surface area contributed by atoms with Gasteiger partial charge in [0.25, 0.3) is 0 Å². The summed E-state index contributed by atoms with van der Waals surface area (Å²) in [6, 6.07) is 0. The van der Waals surface area contributed by atoms with Crippen molar-refractivity contribution in [1.82, 2.24) is 9.78 Å². The quantitative estimate of drug-likeness (QED) is 0.811. The molecule has 0 saturated carbocycles. The summed E-state index contributed by atoms with van der Waals surface area (Å²) >= 11 is 6.25. The Morgan fingerprint density at radius 1 is 1.47 bits per heavy atom. The highest BCUT2D eigenvalue weighted by molar-refractivity contribution is 6.31. The van der Waals surface area contributed by atoms with Gasteiger partial charge in [-0.2, -0.15) is 5.10 Å². The van der Waals surface area contributed by atoms with Crippen LogP contribution in [-0.2, 0) is 17.8 Å². The lowest BCUT2D eigenvalue weighted by molar-refractivity contribution is -0.122. The average molecular weight is 257 g/mol. The van der Waals surface area contributed by atoms with Crippen LogP contribution in [0.2, 0.25) is 5.02 Å². The van der Waals surface area contributed by atoms with Crippen LogP contribution >= 0.6 is 11.6 Å². The van der Waals surface area contributed by atoms with E-state index in [9.17, 15) is 4.79 Å². The Morgan fingerprint density at radius 3 is 2.47 bits per heavy atom. The molecule has 1 heterocycles. The van der Waals surface area contributed by atoms with Crippen LogP contribution in [0.3, 0.4) is 0 Å². The number of ketones is 1. The van der Waals surface area contributed by atoms with Crippen molar-refractivity contribution in [3.05, 3.63) is 16.4 Å². The molecule has 96 valence electrons. The van der Waals surface area contributed by atoms with Gasteiger partial charge < -0.3 is 0 Å². The van der Waals surface area contributed by atoms with Crippen LogP contribution < -0.4 is 0 Å². The molecule has 0 bridgehead atoms. The molecule has 0 aliphatic heterocycles. The second kappa shape index (κ2) is 5.67. The summed E-state index contributed by atoms with van der Waals surface area (Å²) in [4.78, 5) is 11.6. The molecule has 17 heavy (non-hydrogen) atoms. The van der Waals surface area contributed by atoms with Crippen molar-refractivity contribution in [1.29, 1.82) is 0 Å². The number of carbonyl (C=O) groups excluding carboxylic acids is 1. The molecule has 0 spiro atoms. The number of rotatable bonds is 5. The third-order valence-corrected chi connectivity index (χ3v) is 3.68. The van der Waals surface area contributed by atoms with Crippen molar-refractivity contribution < 1.29 is 4.79 Å². The zero-order valence-electron chi connectivity index (χ0n) is 11.2. The predicted molar refractivity (Wildman–Crippen MR) is 70.4 cm³/mol. The molecule has 0 radical (unpaired) electrons. The van der Waals surface area contributed by atoms with Gasteiger partial charge in [0.05, 0.1) is 16.4 Å². The van der Waals surface area contributed by atoms with Crippen LogP contribution in [0.5, 0.6) is 0 Å². The van der Waals surface area contributed by atoms with E-state index in [1.807, 2.05) is 18.5 Å². The summed E-state index contributed by atoms with van der Waals surface area (Å²) < 4.78 is 1.90. The maximum atomic E-state index is 11.6. The van der Waals surface area contributed by atoms with E-state index in [1.54, 1.807) is 6.92 Å². The number of hydrogen-bond acceptors (Lipinski definition) is 2. The zero-order valence-corrected chi connectivity index (χ0v) is 12.0. The van der Waals surface area contributed by atoms with E-state index in [2.05, 4.69) is 18.9 Å². The molecular weight excluding hydrogens is 236 g/mol. The average Bonchev–Trinajstić information content (AvgIpc) is 2.51. The summed E-state index contributed by atoms with van der Waals surface area (Å²) in [5.41, 5.74) is 1.83. The Balaban J connectivity index is 3.04. The van der Waals surface area contributed by atoms with Gasteiger partial charge in [0.2, 0.25) is 0 Å². The van der Waals surface area contributed by atoms with E-state index in [0.717, 1.165) is 17.9 Å². The first-order valence-electron chi connectivity index (χ1n) is 6.10. The predicted octanol–water partition coefficient (Wildman–Crippen LogP) is 3.27. The summed E-state index contributed by atoms with van der Waals surface area (Å²) in [5.74, 6) is 0.565. The Labute approximate surface area is 108 Å². The first-order chi connectivity index (χ1) is 7.88. The highest BCUT2D eigenvalue weighted by Crippen LogP contribution is 2.26. The topological polar surface area (TPSA) is 34.9 Å². The molecule has 1 aromatic rings. The van der Waals surface area contributed by atoms with Crippen LogP contribution in [0.4, 0.5) is 0 Å². The van der Waals surface area contributed by atoms with Gasteiger partial charge in [-0.25, -0.2) is 0 Å². The number of aryl methyl sites for hydroxylation is 2. The lowest BCUT2D eigenvalue weighted by Gasteiger charge is -2.18. The molecule has 1 atom stereocenters. The van der Waals surface area contributed by atoms with E-state index in [0.29, 0.717) is 17.4 Å². The zero-order chi connectivity index (χ0) is 13.2. The van der Waals surface area contributed by atoms with Gasteiger partial charge in [0.1, 0.15) is 5.78 Å². The van der Waals surface area contributed by atoms with Gasteiger partial charge in [0.15, 0.2) is 0 Å². The van der Waals surface area contributed by atoms with Gasteiger partial charge in [0, 0.05) is 18.9 Å². The fourth-order valence-electron chi connectivity index (χ4n) is 2.12. The molecule has 0 saturated heterocycles. The van der Waals surface area contributed by atoms with E-state index in [4.69, 9.17) is 11.6 Å². The molecule has 0 aliphatic rings. The van der Waals surface area contributed by atoms with E-state index < -0.39 is 0 Å². The second-order valence-corrected chi connectivity index (χ2v) is 5.21. The maximum Gasteiger partial charge on any atom is 0.133 e. The minimum absolute atomic E-state index is 0.0221. The molecule has 4 heteroatoms. The van der Waals surface area contributed by atoms with Gasteiger partial charge in [-0.1, -0.05) is 25.4 Å². The summed E-state index contributed by atoms with van der Waals surface area (Å²) in [5, 5.41) is 5.08. The molecule has 1 rings (SSSR count). The van der Waals surface area contributed by atoms with Crippen molar-refractivity contribution in [2.45, 2.75) is 47.6 Å². The van der Waals surface area contributed by atoms with E-state index in [-0.39, 0.29) is 11.7 Å². The van der Waals surface area contributed by atoms with Gasteiger partial charge in [-0.05, 0) is 26.7 Å². The van der Waals surface area contributed by atoms with Crippen molar-refractivity contribution in [2.75, 3.05) is 0 Å². The lowest BCUT2D eigenvalue weighted by atomic mass is 9.88. The fraction of sp³-hybridized carbons (Fsp3) is 0.692. The maximum absolute atomic E-state index is 11.6. The molecule has 0 aromatic carbocycles. The summed E-state index contributed by atoms with van der Waals surface area (Å²) in [6.07, 6.45) is 0.681. The van der Waals surface area contributed by atoms with Crippen molar-refractivity contribution in [2.24, 2.45) is 11.8 Å². The Hall–Kier alpha value is -0.830. The summed E-state index contributed by atoms with van der Waals surface area (Å²) in [7, 11) is 0. The Bertz CT molecular complexity index is 410. The number of carbonyl (C=O) groups is 1. The molecule has 0 N–H and O–H groups in total. The molecule has 0 amide bonds. The first kappa shape index (κ1) is 14.2.